The normalized spacial score (nSPS) is 43.6. The standard InChI is InChI=1S/C24H48N6O12/c25-6-13(34)22(38)30-11-4-9(26)20(41-23-10(27)5-12(33)14(39-23)7-29-2-1-3-31)19(37)21(11)42-24-18(36)16(28)17(35)15(8-32)40-24/h9-21,23-24,29,31-37H,1-8,25-28H2,(H,30,38)/t9-,10+,11+,12-,13-,14+,15+,16-,17+,18+,19-,20+,21-,23+,24+/m0/s1. The van der Waals surface area contributed by atoms with E-state index in [1.165, 1.54) is 0 Å². The average molecular weight is 613 g/mol. The molecule has 18 nitrogen and oxygen atoms in total. The summed E-state index contributed by atoms with van der Waals surface area (Å²) in [5, 5.41) is 76.8. The van der Waals surface area contributed by atoms with Gasteiger partial charge in [-0.1, -0.05) is 0 Å². The minimum Gasteiger partial charge on any atom is -0.396 e. The monoisotopic (exact) mass is 612 g/mol. The van der Waals surface area contributed by atoms with E-state index < -0.39 is 104 Å². The molecule has 0 radical (unpaired) electrons. The fourth-order valence-corrected chi connectivity index (χ4v) is 5.33. The van der Waals surface area contributed by atoms with Crippen LogP contribution in [0.2, 0.25) is 0 Å². The lowest BCUT2D eigenvalue weighted by Gasteiger charge is -2.48. The van der Waals surface area contributed by atoms with Gasteiger partial charge in [-0.05, 0) is 25.8 Å². The topological polar surface area (TPSA) is 324 Å². The van der Waals surface area contributed by atoms with Crippen LogP contribution in [0.4, 0.5) is 0 Å². The van der Waals surface area contributed by atoms with Crippen LogP contribution in [-0.4, -0.2) is 166 Å². The summed E-state index contributed by atoms with van der Waals surface area (Å²) in [4.78, 5) is 12.5. The van der Waals surface area contributed by atoms with Gasteiger partial charge in [0.15, 0.2) is 12.6 Å². The van der Waals surface area contributed by atoms with Gasteiger partial charge < -0.3 is 88.3 Å². The maximum atomic E-state index is 12.5. The third kappa shape index (κ3) is 8.51. The lowest BCUT2D eigenvalue weighted by atomic mass is 9.83. The molecule has 18 heteroatoms. The molecule has 0 bridgehead atoms. The highest BCUT2D eigenvalue weighted by Crippen LogP contribution is 2.31. The predicted molar refractivity (Wildman–Crippen MR) is 143 cm³/mol. The second-order valence-electron chi connectivity index (χ2n) is 11.0. The first-order valence-electron chi connectivity index (χ1n) is 14.1. The Morgan fingerprint density at radius 2 is 1.57 bits per heavy atom. The summed E-state index contributed by atoms with van der Waals surface area (Å²) in [5.74, 6) is -0.858. The number of aliphatic hydroxyl groups is 7. The van der Waals surface area contributed by atoms with Gasteiger partial charge in [-0.3, -0.25) is 4.79 Å². The van der Waals surface area contributed by atoms with Crippen LogP contribution in [0.3, 0.4) is 0 Å². The van der Waals surface area contributed by atoms with Crippen LogP contribution in [0.15, 0.2) is 0 Å². The third-order valence-corrected chi connectivity index (χ3v) is 7.85. The minimum absolute atomic E-state index is 0.00110. The van der Waals surface area contributed by atoms with Crippen molar-refractivity contribution in [1.82, 2.24) is 10.6 Å². The smallest absolute Gasteiger partial charge is 0.250 e. The summed E-state index contributed by atoms with van der Waals surface area (Å²) in [7, 11) is 0. The van der Waals surface area contributed by atoms with Crippen LogP contribution < -0.4 is 33.6 Å². The molecule has 0 aromatic heterocycles. The quantitative estimate of drug-likeness (QED) is 0.0858. The molecule has 0 unspecified atom stereocenters. The number of hydrogen-bond donors (Lipinski definition) is 13. The Balaban J connectivity index is 1.78. The number of nitrogens with two attached hydrogens (primary N) is 4. The first-order chi connectivity index (χ1) is 19.9. The van der Waals surface area contributed by atoms with Crippen LogP contribution in [0, 0.1) is 0 Å². The summed E-state index contributed by atoms with van der Waals surface area (Å²) in [6.07, 6.45) is -13.6. The molecule has 1 aliphatic carbocycles. The molecule has 1 amide bonds. The van der Waals surface area contributed by atoms with E-state index in [-0.39, 0.29) is 32.5 Å². The summed E-state index contributed by atoms with van der Waals surface area (Å²) < 4.78 is 23.4. The largest absolute Gasteiger partial charge is 0.396 e. The number of aliphatic hydroxyl groups excluding tert-OH is 7. The summed E-state index contributed by atoms with van der Waals surface area (Å²) in [6, 6.07) is -4.03. The lowest BCUT2D eigenvalue weighted by molar-refractivity contribution is -0.316. The van der Waals surface area contributed by atoms with E-state index in [1.807, 2.05) is 0 Å². The van der Waals surface area contributed by atoms with E-state index in [1.54, 1.807) is 0 Å². The highest BCUT2D eigenvalue weighted by Gasteiger charge is 2.51. The number of ether oxygens (including phenoxy) is 4. The van der Waals surface area contributed by atoms with Crippen molar-refractivity contribution in [1.29, 1.82) is 0 Å². The van der Waals surface area contributed by atoms with Crippen molar-refractivity contribution in [2.45, 2.75) is 111 Å². The van der Waals surface area contributed by atoms with Crippen LogP contribution in [0.5, 0.6) is 0 Å². The van der Waals surface area contributed by atoms with E-state index in [9.17, 15) is 35.4 Å². The average Bonchev–Trinajstić information content (AvgIpc) is 2.96. The number of rotatable bonds is 13. The number of nitrogens with one attached hydrogen (secondary N) is 2. The molecule has 3 aliphatic rings. The first kappa shape index (κ1) is 35.3. The third-order valence-electron chi connectivity index (χ3n) is 7.85. The highest BCUT2D eigenvalue weighted by atomic mass is 16.7. The SMILES string of the molecule is NC[C@H](O)C(=O)N[C@@H]1C[C@H](N)[C@@H](O[C@H]2O[C@H](CNCCCO)[C@@H](O)C[C@H]2N)[C@H](O)[C@H]1O[C@H]1O[C@H](CO)[C@@H](O)[C@H](N)[C@H]1O. The molecule has 3 fully saturated rings. The molecule has 2 heterocycles. The zero-order valence-electron chi connectivity index (χ0n) is 23.3. The second kappa shape index (κ2) is 16.2. The Morgan fingerprint density at radius 1 is 0.905 bits per heavy atom. The summed E-state index contributed by atoms with van der Waals surface area (Å²) in [5.41, 5.74) is 23.8. The van der Waals surface area contributed by atoms with E-state index >= 15 is 0 Å². The highest BCUT2D eigenvalue weighted by molar-refractivity contribution is 5.81. The number of hydrogen-bond acceptors (Lipinski definition) is 17. The van der Waals surface area contributed by atoms with Gasteiger partial charge in [0.25, 0.3) is 0 Å². The van der Waals surface area contributed by atoms with E-state index in [4.69, 9.17) is 47.0 Å². The number of amides is 1. The second-order valence-corrected chi connectivity index (χ2v) is 11.0. The molecule has 2 aliphatic heterocycles. The molecule has 246 valence electrons. The zero-order chi connectivity index (χ0) is 31.1. The Kier molecular flexibility index (Phi) is 13.6. The van der Waals surface area contributed by atoms with Gasteiger partial charge in [-0.25, -0.2) is 0 Å². The molecule has 0 aromatic carbocycles. The van der Waals surface area contributed by atoms with Gasteiger partial charge in [-0.2, -0.15) is 0 Å². The maximum Gasteiger partial charge on any atom is 0.250 e. The molecule has 0 spiro atoms. The number of carbonyl (C=O) groups excluding carboxylic acids is 1. The van der Waals surface area contributed by atoms with Crippen LogP contribution in [0.25, 0.3) is 0 Å². The van der Waals surface area contributed by atoms with Gasteiger partial charge in [0.2, 0.25) is 5.91 Å². The van der Waals surface area contributed by atoms with Crippen molar-refractivity contribution in [3.8, 4) is 0 Å². The van der Waals surface area contributed by atoms with Crippen molar-refractivity contribution in [2.75, 3.05) is 32.8 Å². The maximum absolute atomic E-state index is 12.5. The Morgan fingerprint density at radius 3 is 2.21 bits per heavy atom. The van der Waals surface area contributed by atoms with Crippen molar-refractivity contribution >= 4 is 5.91 Å². The van der Waals surface area contributed by atoms with Gasteiger partial charge in [0.05, 0.1) is 36.9 Å². The van der Waals surface area contributed by atoms with Crippen molar-refractivity contribution in [3.63, 3.8) is 0 Å². The van der Waals surface area contributed by atoms with E-state index in [0.717, 1.165) is 0 Å². The Bertz CT molecular complexity index is 835. The fraction of sp³-hybridized carbons (Fsp3) is 0.958. The predicted octanol–water partition coefficient (Wildman–Crippen LogP) is -7.81. The lowest BCUT2D eigenvalue weighted by Crippen LogP contribution is -2.69. The Labute approximate surface area is 243 Å². The summed E-state index contributed by atoms with van der Waals surface area (Å²) >= 11 is 0. The summed E-state index contributed by atoms with van der Waals surface area (Å²) in [6.45, 7) is -0.289. The Hall–Kier alpha value is -1.17. The molecular formula is C24H48N6O12. The molecule has 1 saturated carbocycles. The molecule has 42 heavy (non-hydrogen) atoms. The first-order valence-corrected chi connectivity index (χ1v) is 14.1. The zero-order valence-corrected chi connectivity index (χ0v) is 23.3. The molecule has 17 N–H and O–H groups in total. The van der Waals surface area contributed by atoms with Crippen molar-refractivity contribution in [3.05, 3.63) is 0 Å². The molecule has 15 atom stereocenters. The fourth-order valence-electron chi connectivity index (χ4n) is 5.33. The molecule has 0 aromatic rings. The van der Waals surface area contributed by atoms with Gasteiger partial charge >= 0.3 is 0 Å². The van der Waals surface area contributed by atoms with Gasteiger partial charge in [-0.15, -0.1) is 0 Å². The molecule has 2 saturated heterocycles. The van der Waals surface area contributed by atoms with E-state index in [2.05, 4.69) is 10.6 Å². The van der Waals surface area contributed by atoms with Crippen molar-refractivity contribution < 1.29 is 59.5 Å². The molecule has 3 rings (SSSR count). The van der Waals surface area contributed by atoms with E-state index in [0.29, 0.717) is 13.0 Å². The van der Waals surface area contributed by atoms with Gasteiger partial charge in [0, 0.05) is 25.7 Å². The van der Waals surface area contributed by atoms with Crippen LogP contribution in [-0.2, 0) is 23.7 Å². The molecular weight excluding hydrogens is 564 g/mol. The van der Waals surface area contributed by atoms with Gasteiger partial charge in [0.1, 0.15) is 42.7 Å². The number of carbonyl (C=O) groups is 1. The minimum atomic E-state index is -1.59. The van der Waals surface area contributed by atoms with Crippen molar-refractivity contribution in [2.24, 2.45) is 22.9 Å². The van der Waals surface area contributed by atoms with Crippen LogP contribution >= 0.6 is 0 Å². The van der Waals surface area contributed by atoms with Crippen LogP contribution in [0.1, 0.15) is 19.3 Å².